The largest absolute Gasteiger partial charge is 0.381 e. The van der Waals surface area contributed by atoms with Gasteiger partial charge in [-0.05, 0) is 18.9 Å². The van der Waals surface area contributed by atoms with Gasteiger partial charge in [0.05, 0.1) is 6.10 Å². The van der Waals surface area contributed by atoms with E-state index in [1.807, 2.05) is 7.11 Å². The Hall–Kier alpha value is -0.900. The molecular formula is C18H28N2O. The summed E-state index contributed by atoms with van der Waals surface area (Å²) in [5.74, 6) is 0. The Morgan fingerprint density at radius 3 is 2.57 bits per heavy atom. The van der Waals surface area contributed by atoms with Gasteiger partial charge in [0.25, 0.3) is 0 Å². The number of rotatable bonds is 3. The summed E-state index contributed by atoms with van der Waals surface area (Å²) < 4.78 is 5.63. The minimum atomic E-state index is 0.252. The van der Waals surface area contributed by atoms with Crippen LogP contribution in [0, 0.1) is 5.41 Å². The van der Waals surface area contributed by atoms with Crippen molar-refractivity contribution < 1.29 is 4.74 Å². The van der Waals surface area contributed by atoms with Crippen LogP contribution in [0.4, 0.5) is 0 Å². The molecule has 1 N–H and O–H groups in total. The van der Waals surface area contributed by atoms with Gasteiger partial charge in [-0.3, -0.25) is 4.90 Å². The average molecular weight is 288 g/mol. The minimum absolute atomic E-state index is 0.252. The third-order valence-electron chi connectivity index (χ3n) is 5.63. The number of nitrogens with zero attached hydrogens (tertiary/aromatic N) is 1. The van der Waals surface area contributed by atoms with Crippen LogP contribution in [-0.2, 0) is 4.74 Å². The molecule has 0 aromatic heterocycles. The Balaban J connectivity index is 1.73. The molecule has 1 aromatic carbocycles. The molecule has 0 spiro atoms. The average Bonchev–Trinajstić information content (AvgIpc) is 2.49. The molecule has 1 saturated heterocycles. The lowest BCUT2D eigenvalue weighted by Crippen LogP contribution is -2.67. The quantitative estimate of drug-likeness (QED) is 0.925. The van der Waals surface area contributed by atoms with E-state index in [0.717, 1.165) is 19.5 Å². The third kappa shape index (κ3) is 2.63. The summed E-state index contributed by atoms with van der Waals surface area (Å²) in [5.41, 5.74) is 1.65. The zero-order chi connectivity index (χ0) is 15.0. The van der Waals surface area contributed by atoms with Gasteiger partial charge < -0.3 is 10.1 Å². The van der Waals surface area contributed by atoms with Gasteiger partial charge in [0, 0.05) is 43.7 Å². The van der Waals surface area contributed by atoms with Crippen LogP contribution in [0.3, 0.4) is 0 Å². The van der Waals surface area contributed by atoms with E-state index in [-0.39, 0.29) is 5.41 Å². The van der Waals surface area contributed by atoms with Crippen molar-refractivity contribution in [3.8, 4) is 0 Å². The van der Waals surface area contributed by atoms with Crippen molar-refractivity contribution in [2.45, 2.75) is 51.4 Å². The summed E-state index contributed by atoms with van der Waals surface area (Å²) in [4.78, 5) is 2.70. The van der Waals surface area contributed by atoms with Gasteiger partial charge in [0.15, 0.2) is 0 Å². The molecule has 1 saturated carbocycles. The van der Waals surface area contributed by atoms with Gasteiger partial charge in [-0.25, -0.2) is 0 Å². The zero-order valence-corrected chi connectivity index (χ0v) is 13.7. The molecule has 1 aliphatic heterocycles. The molecule has 1 aromatic rings. The summed E-state index contributed by atoms with van der Waals surface area (Å²) in [6.07, 6.45) is 1.56. The highest BCUT2D eigenvalue weighted by Gasteiger charge is 2.52. The lowest BCUT2D eigenvalue weighted by molar-refractivity contribution is -0.151. The molecule has 2 aliphatic rings. The topological polar surface area (TPSA) is 24.5 Å². The van der Waals surface area contributed by atoms with Gasteiger partial charge in [-0.2, -0.15) is 0 Å². The van der Waals surface area contributed by atoms with E-state index in [9.17, 15) is 0 Å². The van der Waals surface area contributed by atoms with E-state index in [2.05, 4.69) is 61.3 Å². The summed E-state index contributed by atoms with van der Waals surface area (Å²) >= 11 is 0. The van der Waals surface area contributed by atoms with Gasteiger partial charge in [-0.1, -0.05) is 44.2 Å². The zero-order valence-electron chi connectivity index (χ0n) is 13.7. The predicted octanol–water partition coefficient (Wildman–Crippen LogP) is 2.83. The second-order valence-electron chi connectivity index (χ2n) is 7.21. The van der Waals surface area contributed by atoms with Crippen molar-refractivity contribution in [3.63, 3.8) is 0 Å². The molecule has 0 radical (unpaired) electrons. The lowest BCUT2D eigenvalue weighted by Gasteiger charge is -2.58. The van der Waals surface area contributed by atoms with Crippen molar-refractivity contribution in [2.75, 3.05) is 20.2 Å². The Morgan fingerprint density at radius 1 is 1.24 bits per heavy atom. The van der Waals surface area contributed by atoms with Crippen molar-refractivity contribution >= 4 is 0 Å². The number of benzene rings is 1. The maximum Gasteiger partial charge on any atom is 0.0652 e. The number of hydrogen-bond donors (Lipinski definition) is 1. The van der Waals surface area contributed by atoms with Gasteiger partial charge >= 0.3 is 0 Å². The first-order chi connectivity index (χ1) is 10.0. The molecule has 0 amide bonds. The van der Waals surface area contributed by atoms with E-state index in [0.29, 0.717) is 24.2 Å². The fourth-order valence-corrected chi connectivity index (χ4v) is 4.06. The Kier molecular flexibility index (Phi) is 4.08. The first-order valence-corrected chi connectivity index (χ1v) is 8.11. The van der Waals surface area contributed by atoms with Crippen LogP contribution in [0.1, 0.15) is 38.8 Å². The smallest absolute Gasteiger partial charge is 0.0652 e. The molecule has 116 valence electrons. The van der Waals surface area contributed by atoms with Crippen LogP contribution in [-0.4, -0.2) is 43.3 Å². The Labute approximate surface area is 128 Å². The van der Waals surface area contributed by atoms with Gasteiger partial charge in [0.2, 0.25) is 0 Å². The second kappa shape index (κ2) is 5.71. The van der Waals surface area contributed by atoms with Crippen LogP contribution in [0.5, 0.6) is 0 Å². The van der Waals surface area contributed by atoms with E-state index >= 15 is 0 Å². The molecule has 3 nitrogen and oxygen atoms in total. The molecule has 2 fully saturated rings. The number of hydrogen-bond acceptors (Lipinski definition) is 3. The van der Waals surface area contributed by atoms with Crippen molar-refractivity contribution in [2.24, 2.45) is 5.41 Å². The van der Waals surface area contributed by atoms with E-state index < -0.39 is 0 Å². The van der Waals surface area contributed by atoms with Crippen molar-refractivity contribution in [1.82, 2.24) is 10.2 Å². The van der Waals surface area contributed by atoms with Crippen LogP contribution >= 0.6 is 0 Å². The van der Waals surface area contributed by atoms with Gasteiger partial charge in [0.1, 0.15) is 0 Å². The highest BCUT2D eigenvalue weighted by atomic mass is 16.5. The summed E-state index contributed by atoms with van der Waals surface area (Å²) in [6.45, 7) is 9.19. The highest BCUT2D eigenvalue weighted by Crippen LogP contribution is 2.47. The number of piperazine rings is 1. The SMILES string of the molecule is COC1CC(N2CC(c3ccccc3)NCC2C)C1(C)C. The molecule has 3 rings (SSSR count). The van der Waals surface area contributed by atoms with Crippen LogP contribution < -0.4 is 5.32 Å². The van der Waals surface area contributed by atoms with E-state index in [1.54, 1.807) is 0 Å². The summed E-state index contributed by atoms with van der Waals surface area (Å²) in [5, 5.41) is 3.70. The van der Waals surface area contributed by atoms with Crippen molar-refractivity contribution in [1.29, 1.82) is 0 Å². The van der Waals surface area contributed by atoms with E-state index in [4.69, 9.17) is 4.74 Å². The van der Waals surface area contributed by atoms with Crippen LogP contribution in [0.2, 0.25) is 0 Å². The van der Waals surface area contributed by atoms with Crippen molar-refractivity contribution in [3.05, 3.63) is 35.9 Å². The molecule has 0 bridgehead atoms. The maximum atomic E-state index is 5.63. The molecule has 21 heavy (non-hydrogen) atoms. The van der Waals surface area contributed by atoms with Crippen LogP contribution in [0.15, 0.2) is 30.3 Å². The molecular weight excluding hydrogens is 260 g/mol. The number of methoxy groups -OCH3 is 1. The first-order valence-electron chi connectivity index (χ1n) is 8.11. The first kappa shape index (κ1) is 15.0. The highest BCUT2D eigenvalue weighted by molar-refractivity contribution is 5.20. The fraction of sp³-hybridized carbons (Fsp3) is 0.667. The fourth-order valence-electron chi connectivity index (χ4n) is 4.06. The normalized spacial score (nSPS) is 36.2. The summed E-state index contributed by atoms with van der Waals surface area (Å²) in [6, 6.07) is 12.5. The molecule has 4 unspecified atom stereocenters. The van der Waals surface area contributed by atoms with E-state index in [1.165, 1.54) is 5.56 Å². The number of ether oxygens (including phenoxy) is 1. The Bertz CT molecular complexity index is 473. The van der Waals surface area contributed by atoms with Gasteiger partial charge in [-0.15, -0.1) is 0 Å². The second-order valence-corrected chi connectivity index (χ2v) is 7.21. The maximum absolute atomic E-state index is 5.63. The Morgan fingerprint density at radius 2 is 1.95 bits per heavy atom. The third-order valence-corrected chi connectivity index (χ3v) is 5.63. The monoisotopic (exact) mass is 288 g/mol. The molecule has 4 atom stereocenters. The molecule has 1 aliphatic carbocycles. The standard InChI is InChI=1S/C18H28N2O/c1-13-11-19-15(14-8-6-5-7-9-14)12-20(13)16-10-17(21-4)18(16,2)3/h5-9,13,15-17,19H,10-12H2,1-4H3. The molecule has 1 heterocycles. The number of nitrogens with one attached hydrogen (secondary N) is 1. The predicted molar refractivity (Wildman–Crippen MR) is 86.3 cm³/mol. The molecule has 3 heteroatoms. The lowest BCUT2D eigenvalue weighted by atomic mass is 9.63. The summed E-state index contributed by atoms with van der Waals surface area (Å²) in [7, 11) is 1.84. The van der Waals surface area contributed by atoms with Crippen LogP contribution in [0.25, 0.3) is 0 Å². The minimum Gasteiger partial charge on any atom is -0.381 e.